The summed E-state index contributed by atoms with van der Waals surface area (Å²) in [5.74, 6) is 0. The maximum atomic E-state index is 6.10. The van der Waals surface area contributed by atoms with Crippen molar-refractivity contribution in [1.29, 1.82) is 0 Å². The van der Waals surface area contributed by atoms with Crippen LogP contribution >= 0.6 is 0 Å². The maximum absolute atomic E-state index is 6.10. The Morgan fingerprint density at radius 3 is 2.08 bits per heavy atom. The summed E-state index contributed by atoms with van der Waals surface area (Å²) < 4.78 is 6.10. The lowest BCUT2D eigenvalue weighted by Gasteiger charge is -2.10. The van der Waals surface area contributed by atoms with Crippen LogP contribution in [0.15, 0.2) is 89.3 Å². The molecule has 0 saturated heterocycles. The Balaban J connectivity index is 1.85. The van der Waals surface area contributed by atoms with Crippen LogP contribution < -0.4 is 5.32 Å². The molecular formula is C22H15NO. The number of hydrogen-bond donors (Lipinski definition) is 1. The van der Waals surface area contributed by atoms with Crippen LogP contribution in [0.3, 0.4) is 0 Å². The topological polar surface area (TPSA) is 25.2 Å². The Kier molecular flexibility index (Phi) is 2.83. The summed E-state index contributed by atoms with van der Waals surface area (Å²) in [5.41, 5.74) is 3.96. The third kappa shape index (κ3) is 1.97. The molecule has 0 amide bonds. The highest BCUT2D eigenvalue weighted by atomic mass is 16.3. The highest BCUT2D eigenvalue weighted by Crippen LogP contribution is 2.38. The molecule has 0 radical (unpaired) electrons. The monoisotopic (exact) mass is 309 g/mol. The number of hydrogen-bond acceptors (Lipinski definition) is 2. The van der Waals surface area contributed by atoms with Crippen molar-refractivity contribution in [2.75, 3.05) is 5.32 Å². The fraction of sp³-hybridized carbons (Fsp3) is 0. The van der Waals surface area contributed by atoms with E-state index >= 15 is 0 Å². The van der Waals surface area contributed by atoms with Gasteiger partial charge >= 0.3 is 0 Å². The van der Waals surface area contributed by atoms with E-state index in [1.165, 1.54) is 16.2 Å². The molecule has 5 rings (SSSR count). The molecule has 0 aliphatic carbocycles. The van der Waals surface area contributed by atoms with E-state index in [4.69, 9.17) is 4.42 Å². The molecular weight excluding hydrogens is 294 g/mol. The number of anilines is 2. The van der Waals surface area contributed by atoms with E-state index < -0.39 is 0 Å². The summed E-state index contributed by atoms with van der Waals surface area (Å²) >= 11 is 0. The first-order valence-electron chi connectivity index (χ1n) is 8.05. The molecule has 1 heterocycles. The van der Waals surface area contributed by atoms with Gasteiger partial charge < -0.3 is 9.73 Å². The van der Waals surface area contributed by atoms with Crippen molar-refractivity contribution in [3.8, 4) is 0 Å². The molecule has 1 N–H and O–H groups in total. The second-order valence-corrected chi connectivity index (χ2v) is 5.93. The van der Waals surface area contributed by atoms with Crippen LogP contribution in [-0.4, -0.2) is 0 Å². The molecule has 0 fully saturated rings. The number of rotatable bonds is 2. The Labute approximate surface area is 139 Å². The van der Waals surface area contributed by atoms with Gasteiger partial charge in [0.05, 0.1) is 5.69 Å². The van der Waals surface area contributed by atoms with E-state index in [0.29, 0.717) is 0 Å². The lowest BCUT2D eigenvalue weighted by atomic mass is 10.0. The van der Waals surface area contributed by atoms with Gasteiger partial charge in [0, 0.05) is 27.9 Å². The van der Waals surface area contributed by atoms with Crippen LogP contribution in [0.5, 0.6) is 0 Å². The molecule has 0 atom stereocenters. The maximum Gasteiger partial charge on any atom is 0.138 e. The Bertz CT molecular complexity index is 1170. The van der Waals surface area contributed by atoms with Gasteiger partial charge in [0.2, 0.25) is 0 Å². The zero-order valence-electron chi connectivity index (χ0n) is 13.0. The normalized spacial score (nSPS) is 11.3. The van der Waals surface area contributed by atoms with Gasteiger partial charge in [-0.15, -0.1) is 0 Å². The van der Waals surface area contributed by atoms with Crippen molar-refractivity contribution in [2.24, 2.45) is 0 Å². The summed E-state index contributed by atoms with van der Waals surface area (Å²) in [6.45, 7) is 0. The fourth-order valence-electron chi connectivity index (χ4n) is 3.37. The number of furan rings is 1. The van der Waals surface area contributed by atoms with Crippen LogP contribution in [0.25, 0.3) is 32.7 Å². The summed E-state index contributed by atoms with van der Waals surface area (Å²) in [6, 6.07) is 29.0. The fourth-order valence-corrected chi connectivity index (χ4v) is 3.37. The molecule has 1 aromatic heterocycles. The first-order valence-corrected chi connectivity index (χ1v) is 8.05. The van der Waals surface area contributed by atoms with E-state index in [2.05, 4.69) is 59.9 Å². The molecule has 5 aromatic rings. The smallest absolute Gasteiger partial charge is 0.138 e. The minimum atomic E-state index is 0.910. The van der Waals surface area contributed by atoms with E-state index in [-0.39, 0.29) is 0 Å². The molecule has 0 spiro atoms. The van der Waals surface area contributed by atoms with Crippen molar-refractivity contribution in [3.05, 3.63) is 84.9 Å². The van der Waals surface area contributed by atoms with Gasteiger partial charge in [-0.2, -0.15) is 0 Å². The van der Waals surface area contributed by atoms with E-state index in [1.807, 2.05) is 30.3 Å². The predicted molar refractivity (Wildman–Crippen MR) is 101 cm³/mol. The highest BCUT2D eigenvalue weighted by Gasteiger charge is 2.13. The molecule has 2 heteroatoms. The average Bonchev–Trinajstić information content (AvgIpc) is 3.01. The lowest BCUT2D eigenvalue weighted by Crippen LogP contribution is -1.91. The molecule has 2 nitrogen and oxygen atoms in total. The first kappa shape index (κ1) is 13.2. The first-order chi connectivity index (χ1) is 11.9. The van der Waals surface area contributed by atoms with Crippen molar-refractivity contribution < 1.29 is 4.42 Å². The van der Waals surface area contributed by atoms with Gasteiger partial charge in [0.1, 0.15) is 11.2 Å². The number of para-hydroxylation sites is 2. The van der Waals surface area contributed by atoms with Gasteiger partial charge in [0.25, 0.3) is 0 Å². The molecule has 0 aliphatic rings. The molecule has 0 unspecified atom stereocenters. The van der Waals surface area contributed by atoms with Crippen LogP contribution in [0.2, 0.25) is 0 Å². The summed E-state index contributed by atoms with van der Waals surface area (Å²) in [5, 5.41) is 8.27. The Morgan fingerprint density at radius 1 is 0.583 bits per heavy atom. The molecule has 0 aliphatic heterocycles. The Morgan fingerprint density at radius 2 is 1.25 bits per heavy atom. The third-order valence-electron chi connectivity index (χ3n) is 4.44. The summed E-state index contributed by atoms with van der Waals surface area (Å²) in [6.07, 6.45) is 0. The van der Waals surface area contributed by atoms with Crippen LogP contribution in [0.4, 0.5) is 11.4 Å². The SMILES string of the molecule is c1ccc(Nc2cc3oc4ccccc4c3c3ccccc23)cc1. The quantitative estimate of drug-likeness (QED) is 0.403. The summed E-state index contributed by atoms with van der Waals surface area (Å²) in [4.78, 5) is 0. The van der Waals surface area contributed by atoms with Crippen molar-refractivity contribution >= 4 is 44.1 Å². The van der Waals surface area contributed by atoms with Crippen molar-refractivity contribution in [1.82, 2.24) is 0 Å². The lowest BCUT2D eigenvalue weighted by molar-refractivity contribution is 0.669. The predicted octanol–water partition coefficient (Wildman–Crippen LogP) is 6.48. The van der Waals surface area contributed by atoms with E-state index in [9.17, 15) is 0 Å². The standard InChI is InChI=1S/C22H15NO/c1-2-8-15(9-3-1)23-19-14-21-22(17-11-5-4-10-16(17)19)18-12-6-7-13-20(18)24-21/h1-14,23H. The van der Waals surface area contributed by atoms with Gasteiger partial charge in [-0.05, 0) is 23.6 Å². The van der Waals surface area contributed by atoms with E-state index in [0.717, 1.165) is 27.9 Å². The molecule has 0 bridgehead atoms. The highest BCUT2D eigenvalue weighted by molar-refractivity contribution is 6.21. The number of benzene rings is 4. The minimum absolute atomic E-state index is 0.910. The molecule has 24 heavy (non-hydrogen) atoms. The zero-order chi connectivity index (χ0) is 15.9. The van der Waals surface area contributed by atoms with E-state index in [1.54, 1.807) is 0 Å². The van der Waals surface area contributed by atoms with Gasteiger partial charge in [-0.1, -0.05) is 60.7 Å². The minimum Gasteiger partial charge on any atom is -0.456 e. The molecule has 0 saturated carbocycles. The largest absolute Gasteiger partial charge is 0.456 e. The van der Waals surface area contributed by atoms with Crippen LogP contribution in [0, 0.1) is 0 Å². The Hall–Kier alpha value is -3.26. The third-order valence-corrected chi connectivity index (χ3v) is 4.44. The van der Waals surface area contributed by atoms with Crippen molar-refractivity contribution in [2.45, 2.75) is 0 Å². The van der Waals surface area contributed by atoms with Crippen molar-refractivity contribution in [3.63, 3.8) is 0 Å². The van der Waals surface area contributed by atoms with Crippen LogP contribution in [-0.2, 0) is 0 Å². The number of nitrogens with one attached hydrogen (secondary N) is 1. The van der Waals surface area contributed by atoms with Gasteiger partial charge in [-0.3, -0.25) is 0 Å². The second-order valence-electron chi connectivity index (χ2n) is 5.93. The average molecular weight is 309 g/mol. The van der Waals surface area contributed by atoms with Crippen LogP contribution in [0.1, 0.15) is 0 Å². The number of fused-ring (bicyclic) bond motifs is 5. The molecule has 4 aromatic carbocycles. The summed E-state index contributed by atoms with van der Waals surface area (Å²) in [7, 11) is 0. The van der Waals surface area contributed by atoms with Gasteiger partial charge in [-0.25, -0.2) is 0 Å². The second kappa shape index (κ2) is 5.14. The zero-order valence-corrected chi connectivity index (χ0v) is 13.0. The molecule has 114 valence electrons. The van der Waals surface area contributed by atoms with Gasteiger partial charge in [0.15, 0.2) is 0 Å².